The first-order valence-corrected chi connectivity index (χ1v) is 14.1. The number of benzene rings is 4. The summed E-state index contributed by atoms with van der Waals surface area (Å²) in [5.41, 5.74) is 6.36. The molecule has 0 aliphatic carbocycles. The SMILES string of the molecule is CCCCCCCc1ccc(-c2ccc3c(F)c(C#Cc4ccc(CCCCC)cc4)ccc3c2)cc1. The Balaban J connectivity index is 1.43. The molecular weight excluding hydrogens is 451 g/mol. The van der Waals surface area contributed by atoms with E-state index < -0.39 is 0 Å². The molecule has 0 saturated carbocycles. The topological polar surface area (TPSA) is 0 Å². The van der Waals surface area contributed by atoms with Crippen molar-refractivity contribution >= 4 is 10.8 Å². The van der Waals surface area contributed by atoms with E-state index >= 15 is 4.39 Å². The lowest BCUT2D eigenvalue weighted by molar-refractivity contribution is 0.632. The Morgan fingerprint density at radius 1 is 0.568 bits per heavy atom. The van der Waals surface area contributed by atoms with Crippen molar-refractivity contribution in [3.63, 3.8) is 0 Å². The Morgan fingerprint density at radius 2 is 1.16 bits per heavy atom. The molecule has 0 fully saturated rings. The number of fused-ring (bicyclic) bond motifs is 1. The van der Waals surface area contributed by atoms with Gasteiger partial charge in [0.2, 0.25) is 0 Å². The lowest BCUT2D eigenvalue weighted by Gasteiger charge is -2.08. The zero-order valence-electron chi connectivity index (χ0n) is 22.5. The van der Waals surface area contributed by atoms with E-state index in [1.807, 2.05) is 30.3 Å². The van der Waals surface area contributed by atoms with Crippen LogP contribution in [0.5, 0.6) is 0 Å². The van der Waals surface area contributed by atoms with Crippen molar-refractivity contribution in [1.82, 2.24) is 0 Å². The summed E-state index contributed by atoms with van der Waals surface area (Å²) in [5, 5.41) is 1.52. The minimum Gasteiger partial charge on any atom is -0.205 e. The van der Waals surface area contributed by atoms with E-state index in [9.17, 15) is 0 Å². The highest BCUT2D eigenvalue weighted by atomic mass is 19.1. The monoisotopic (exact) mass is 490 g/mol. The average molecular weight is 491 g/mol. The third kappa shape index (κ3) is 7.56. The fourth-order valence-electron chi connectivity index (χ4n) is 4.84. The number of aryl methyl sites for hydroxylation is 2. The Hall–Kier alpha value is -3.37. The van der Waals surface area contributed by atoms with Crippen molar-refractivity contribution in [1.29, 1.82) is 0 Å². The van der Waals surface area contributed by atoms with Crippen molar-refractivity contribution in [3.8, 4) is 23.0 Å². The molecule has 0 spiro atoms. The van der Waals surface area contributed by atoms with Gasteiger partial charge in [-0.1, -0.05) is 119 Å². The van der Waals surface area contributed by atoms with Crippen molar-refractivity contribution in [2.45, 2.75) is 78.1 Å². The van der Waals surface area contributed by atoms with Gasteiger partial charge >= 0.3 is 0 Å². The molecule has 37 heavy (non-hydrogen) atoms. The molecule has 0 N–H and O–H groups in total. The van der Waals surface area contributed by atoms with E-state index in [0.717, 1.165) is 29.4 Å². The zero-order valence-corrected chi connectivity index (χ0v) is 22.5. The van der Waals surface area contributed by atoms with Gasteiger partial charge in [-0.3, -0.25) is 0 Å². The maximum atomic E-state index is 15.3. The zero-order chi connectivity index (χ0) is 25.9. The van der Waals surface area contributed by atoms with Gasteiger partial charge < -0.3 is 0 Å². The van der Waals surface area contributed by atoms with Gasteiger partial charge in [-0.15, -0.1) is 0 Å². The van der Waals surface area contributed by atoms with E-state index in [1.165, 1.54) is 68.1 Å². The van der Waals surface area contributed by atoms with Crippen molar-refractivity contribution in [3.05, 3.63) is 107 Å². The summed E-state index contributed by atoms with van der Waals surface area (Å²) in [7, 11) is 0. The highest BCUT2D eigenvalue weighted by Gasteiger charge is 2.08. The second-order valence-corrected chi connectivity index (χ2v) is 10.1. The minimum atomic E-state index is -0.244. The number of hydrogen-bond acceptors (Lipinski definition) is 0. The second kappa shape index (κ2) is 13.8. The standard InChI is InChI=1S/C36H39F/c1-3-5-7-8-10-12-29-17-20-31(21-18-29)33-25-26-35-34(27-33)24-23-32(36(35)37)22-19-30-15-13-28(14-16-30)11-9-6-4-2/h13-18,20-21,23-27H,3-12H2,1-2H3. The highest BCUT2D eigenvalue weighted by molar-refractivity contribution is 5.89. The average Bonchev–Trinajstić information content (AvgIpc) is 2.94. The van der Waals surface area contributed by atoms with Crippen LogP contribution in [0.15, 0.2) is 78.9 Å². The van der Waals surface area contributed by atoms with Gasteiger partial charge in [-0.2, -0.15) is 0 Å². The number of hydrogen-bond donors (Lipinski definition) is 0. The number of halogens is 1. The van der Waals surface area contributed by atoms with E-state index in [-0.39, 0.29) is 5.82 Å². The molecule has 0 aliphatic rings. The summed E-state index contributed by atoms with van der Waals surface area (Å²) in [4.78, 5) is 0. The largest absolute Gasteiger partial charge is 0.205 e. The van der Waals surface area contributed by atoms with E-state index in [0.29, 0.717) is 10.9 Å². The van der Waals surface area contributed by atoms with Gasteiger partial charge in [-0.05, 0) is 77.6 Å². The van der Waals surface area contributed by atoms with Crippen LogP contribution in [0, 0.1) is 17.7 Å². The molecule has 4 rings (SSSR count). The first kappa shape index (κ1) is 26.7. The Bertz CT molecular complexity index is 1330. The molecule has 0 nitrogen and oxygen atoms in total. The molecule has 0 amide bonds. The van der Waals surface area contributed by atoms with Crippen LogP contribution < -0.4 is 0 Å². The highest BCUT2D eigenvalue weighted by Crippen LogP contribution is 2.28. The summed E-state index contributed by atoms with van der Waals surface area (Å²) < 4.78 is 15.3. The van der Waals surface area contributed by atoms with E-state index in [4.69, 9.17) is 0 Å². The maximum absolute atomic E-state index is 15.3. The molecule has 0 unspecified atom stereocenters. The summed E-state index contributed by atoms with van der Waals surface area (Å²) in [6, 6.07) is 27.0. The van der Waals surface area contributed by atoms with Gasteiger partial charge in [0.15, 0.2) is 0 Å². The Morgan fingerprint density at radius 3 is 1.86 bits per heavy atom. The molecule has 0 atom stereocenters. The molecule has 0 bridgehead atoms. The van der Waals surface area contributed by atoms with E-state index in [1.54, 1.807) is 6.07 Å². The molecule has 0 aromatic heterocycles. The lowest BCUT2D eigenvalue weighted by atomic mass is 9.97. The van der Waals surface area contributed by atoms with Crippen molar-refractivity contribution in [2.75, 3.05) is 0 Å². The van der Waals surface area contributed by atoms with Crippen LogP contribution in [0.3, 0.4) is 0 Å². The van der Waals surface area contributed by atoms with Gasteiger partial charge in [0.25, 0.3) is 0 Å². The third-order valence-corrected chi connectivity index (χ3v) is 7.17. The van der Waals surface area contributed by atoms with Crippen LogP contribution in [-0.2, 0) is 12.8 Å². The van der Waals surface area contributed by atoms with Crippen LogP contribution in [0.2, 0.25) is 0 Å². The molecule has 4 aromatic carbocycles. The summed E-state index contributed by atoms with van der Waals surface area (Å²) in [6.07, 6.45) is 12.5. The van der Waals surface area contributed by atoms with Gasteiger partial charge in [0.05, 0.1) is 5.56 Å². The number of unbranched alkanes of at least 4 members (excludes halogenated alkanes) is 6. The fraction of sp³-hybridized carbons (Fsp3) is 0.333. The molecule has 0 aliphatic heterocycles. The summed E-state index contributed by atoms with van der Waals surface area (Å²) in [5.74, 6) is 5.94. The van der Waals surface area contributed by atoms with Crippen LogP contribution in [0.25, 0.3) is 21.9 Å². The molecule has 0 heterocycles. The van der Waals surface area contributed by atoms with Crippen LogP contribution in [0.4, 0.5) is 4.39 Å². The van der Waals surface area contributed by atoms with Crippen LogP contribution in [-0.4, -0.2) is 0 Å². The molecule has 1 heteroatoms. The summed E-state index contributed by atoms with van der Waals surface area (Å²) in [6.45, 7) is 4.47. The minimum absolute atomic E-state index is 0.244. The summed E-state index contributed by atoms with van der Waals surface area (Å²) >= 11 is 0. The first-order valence-electron chi connectivity index (χ1n) is 14.1. The molecule has 190 valence electrons. The lowest BCUT2D eigenvalue weighted by Crippen LogP contribution is -1.89. The quantitative estimate of drug-likeness (QED) is 0.145. The molecule has 4 aromatic rings. The Kier molecular flexibility index (Phi) is 9.96. The normalized spacial score (nSPS) is 10.9. The van der Waals surface area contributed by atoms with Gasteiger partial charge in [-0.25, -0.2) is 4.39 Å². The maximum Gasteiger partial charge on any atom is 0.146 e. The fourth-order valence-corrected chi connectivity index (χ4v) is 4.84. The van der Waals surface area contributed by atoms with Crippen molar-refractivity contribution < 1.29 is 4.39 Å². The first-order chi connectivity index (χ1) is 18.2. The predicted molar refractivity (Wildman–Crippen MR) is 157 cm³/mol. The molecule has 0 saturated heterocycles. The van der Waals surface area contributed by atoms with Crippen LogP contribution >= 0.6 is 0 Å². The smallest absolute Gasteiger partial charge is 0.146 e. The van der Waals surface area contributed by atoms with Crippen LogP contribution in [0.1, 0.15) is 87.5 Å². The van der Waals surface area contributed by atoms with Gasteiger partial charge in [0.1, 0.15) is 5.82 Å². The molecule has 0 radical (unpaired) electrons. The molecular formula is C36H39F. The predicted octanol–water partition coefficient (Wildman–Crippen LogP) is 10.3. The third-order valence-electron chi connectivity index (χ3n) is 7.17. The second-order valence-electron chi connectivity index (χ2n) is 10.1. The number of rotatable bonds is 11. The Labute approximate surface area is 223 Å². The van der Waals surface area contributed by atoms with Crippen molar-refractivity contribution in [2.24, 2.45) is 0 Å². The van der Waals surface area contributed by atoms with Gasteiger partial charge in [0, 0.05) is 10.9 Å². The van der Waals surface area contributed by atoms with E-state index in [2.05, 4.69) is 68.2 Å².